The van der Waals surface area contributed by atoms with Crippen molar-refractivity contribution in [1.82, 2.24) is 5.16 Å². The topological polar surface area (TPSA) is 112 Å². The first-order valence-electron chi connectivity index (χ1n) is 7.80. The van der Waals surface area contributed by atoms with Gasteiger partial charge in [-0.1, -0.05) is 5.16 Å². The summed E-state index contributed by atoms with van der Waals surface area (Å²) in [5, 5.41) is 6.11. The second-order valence-corrected chi connectivity index (χ2v) is 5.69. The van der Waals surface area contributed by atoms with E-state index in [0.29, 0.717) is 22.8 Å². The van der Waals surface area contributed by atoms with Gasteiger partial charge in [0.2, 0.25) is 5.88 Å². The third-order valence-electron chi connectivity index (χ3n) is 3.48. The first-order valence-corrected chi connectivity index (χ1v) is 7.80. The summed E-state index contributed by atoms with van der Waals surface area (Å²) >= 11 is 0. The van der Waals surface area contributed by atoms with E-state index in [1.165, 1.54) is 13.8 Å². The number of esters is 1. The standard InChI is InChI=1S/C17H20N2O6/c1-9-7-15(25-19-9)18-17(22)12(4)24-16(21)6-5-13-8-14(10(2)20)11(3)23-13/h7-8,12H,5-6H2,1-4H3,(H,18,22). The fourth-order valence-electron chi connectivity index (χ4n) is 2.20. The van der Waals surface area contributed by atoms with E-state index in [0.717, 1.165) is 0 Å². The lowest BCUT2D eigenvalue weighted by atomic mass is 10.1. The number of anilines is 1. The van der Waals surface area contributed by atoms with Gasteiger partial charge < -0.3 is 13.7 Å². The van der Waals surface area contributed by atoms with E-state index in [2.05, 4.69) is 10.5 Å². The number of carbonyl (C=O) groups excluding carboxylic acids is 3. The third kappa shape index (κ3) is 5.03. The average molecular weight is 348 g/mol. The fourth-order valence-corrected chi connectivity index (χ4v) is 2.20. The predicted molar refractivity (Wildman–Crippen MR) is 87.2 cm³/mol. The molecule has 1 unspecified atom stereocenters. The highest BCUT2D eigenvalue weighted by Crippen LogP contribution is 2.17. The van der Waals surface area contributed by atoms with Crippen LogP contribution < -0.4 is 5.32 Å². The Morgan fingerprint density at radius 2 is 2.00 bits per heavy atom. The van der Waals surface area contributed by atoms with Crippen LogP contribution in [0.3, 0.4) is 0 Å². The number of hydrogen-bond acceptors (Lipinski definition) is 7. The van der Waals surface area contributed by atoms with Crippen LogP contribution in [0.4, 0.5) is 5.88 Å². The van der Waals surface area contributed by atoms with Gasteiger partial charge in [0, 0.05) is 12.5 Å². The Balaban J connectivity index is 1.82. The summed E-state index contributed by atoms with van der Waals surface area (Å²) in [5.74, 6) is 0.0723. The number of carbonyl (C=O) groups is 3. The molecule has 0 aliphatic rings. The molecule has 2 aromatic heterocycles. The van der Waals surface area contributed by atoms with Gasteiger partial charge in [0.25, 0.3) is 5.91 Å². The second-order valence-electron chi connectivity index (χ2n) is 5.69. The number of rotatable bonds is 7. The molecule has 2 aromatic rings. The molecule has 0 bridgehead atoms. The lowest BCUT2D eigenvalue weighted by Crippen LogP contribution is -2.29. The van der Waals surface area contributed by atoms with Crippen LogP contribution in [0.25, 0.3) is 0 Å². The molecule has 134 valence electrons. The Labute approximate surface area is 144 Å². The monoisotopic (exact) mass is 348 g/mol. The molecular weight excluding hydrogens is 328 g/mol. The van der Waals surface area contributed by atoms with Gasteiger partial charge in [-0.2, -0.15) is 0 Å². The molecule has 0 aliphatic heterocycles. The Bertz CT molecular complexity index is 789. The maximum Gasteiger partial charge on any atom is 0.307 e. The van der Waals surface area contributed by atoms with Crippen LogP contribution in [0.1, 0.15) is 47.8 Å². The van der Waals surface area contributed by atoms with Crippen LogP contribution in [-0.4, -0.2) is 28.9 Å². The van der Waals surface area contributed by atoms with Gasteiger partial charge in [0.1, 0.15) is 11.5 Å². The van der Waals surface area contributed by atoms with Crippen molar-refractivity contribution in [3.8, 4) is 0 Å². The molecule has 1 amide bonds. The molecule has 0 radical (unpaired) electrons. The van der Waals surface area contributed by atoms with Crippen LogP contribution in [-0.2, 0) is 20.7 Å². The minimum atomic E-state index is -0.982. The van der Waals surface area contributed by atoms with Crippen molar-refractivity contribution in [2.45, 2.75) is 46.6 Å². The van der Waals surface area contributed by atoms with Crippen molar-refractivity contribution in [3.63, 3.8) is 0 Å². The summed E-state index contributed by atoms with van der Waals surface area (Å²) in [6.45, 7) is 6.32. The molecule has 25 heavy (non-hydrogen) atoms. The van der Waals surface area contributed by atoms with Crippen molar-refractivity contribution in [3.05, 3.63) is 34.9 Å². The van der Waals surface area contributed by atoms with Crippen LogP contribution in [0, 0.1) is 13.8 Å². The van der Waals surface area contributed by atoms with Gasteiger partial charge in [-0.25, -0.2) is 0 Å². The van der Waals surface area contributed by atoms with Crippen LogP contribution >= 0.6 is 0 Å². The van der Waals surface area contributed by atoms with Crippen LogP contribution in [0.5, 0.6) is 0 Å². The van der Waals surface area contributed by atoms with E-state index in [-0.39, 0.29) is 24.5 Å². The molecule has 0 aliphatic carbocycles. The summed E-state index contributed by atoms with van der Waals surface area (Å²) in [6.07, 6.45) is -0.671. The molecule has 8 nitrogen and oxygen atoms in total. The van der Waals surface area contributed by atoms with E-state index in [9.17, 15) is 14.4 Å². The first-order chi connectivity index (χ1) is 11.8. The molecule has 0 saturated carbocycles. The predicted octanol–water partition coefficient (Wildman–Crippen LogP) is 2.59. The van der Waals surface area contributed by atoms with E-state index in [1.54, 1.807) is 26.0 Å². The van der Waals surface area contributed by atoms with Crippen molar-refractivity contribution in [2.75, 3.05) is 5.32 Å². The summed E-state index contributed by atoms with van der Waals surface area (Å²) in [5.41, 5.74) is 1.12. The van der Waals surface area contributed by atoms with Gasteiger partial charge >= 0.3 is 5.97 Å². The number of nitrogens with zero attached hydrogens (tertiary/aromatic N) is 1. The Kier molecular flexibility index (Phi) is 5.74. The highest BCUT2D eigenvalue weighted by atomic mass is 16.5. The number of hydrogen-bond donors (Lipinski definition) is 1. The Hall–Kier alpha value is -2.90. The molecule has 0 fully saturated rings. The maximum atomic E-state index is 11.9. The largest absolute Gasteiger partial charge is 0.466 e. The molecular formula is C17H20N2O6. The average Bonchev–Trinajstić information content (AvgIpc) is 3.10. The number of ether oxygens (including phenoxy) is 1. The zero-order valence-corrected chi connectivity index (χ0v) is 14.5. The highest BCUT2D eigenvalue weighted by Gasteiger charge is 2.20. The van der Waals surface area contributed by atoms with E-state index in [1.807, 2.05) is 0 Å². The number of nitrogens with one attached hydrogen (secondary N) is 1. The minimum absolute atomic E-state index is 0.0311. The van der Waals surface area contributed by atoms with Crippen molar-refractivity contribution >= 4 is 23.5 Å². The lowest BCUT2D eigenvalue weighted by molar-refractivity contribution is -0.153. The zero-order valence-electron chi connectivity index (χ0n) is 14.5. The van der Waals surface area contributed by atoms with Crippen LogP contribution in [0.15, 0.2) is 21.1 Å². The van der Waals surface area contributed by atoms with Gasteiger partial charge in [0.15, 0.2) is 11.9 Å². The minimum Gasteiger partial charge on any atom is -0.466 e. The molecule has 0 aromatic carbocycles. The first kappa shape index (κ1) is 18.4. The van der Waals surface area contributed by atoms with Gasteiger partial charge in [-0.05, 0) is 33.8 Å². The molecule has 8 heteroatoms. The van der Waals surface area contributed by atoms with Crippen molar-refractivity contribution in [2.24, 2.45) is 0 Å². The Morgan fingerprint density at radius 3 is 2.56 bits per heavy atom. The number of aryl methyl sites for hydroxylation is 3. The molecule has 1 atom stereocenters. The Morgan fingerprint density at radius 1 is 1.28 bits per heavy atom. The normalized spacial score (nSPS) is 11.8. The van der Waals surface area contributed by atoms with Gasteiger partial charge in [0.05, 0.1) is 17.7 Å². The molecule has 2 rings (SSSR count). The fraction of sp³-hybridized carbons (Fsp3) is 0.412. The molecule has 1 N–H and O–H groups in total. The molecule has 0 saturated heterocycles. The smallest absolute Gasteiger partial charge is 0.307 e. The number of amides is 1. The zero-order chi connectivity index (χ0) is 18.6. The van der Waals surface area contributed by atoms with E-state index >= 15 is 0 Å². The quantitative estimate of drug-likeness (QED) is 0.604. The van der Waals surface area contributed by atoms with Crippen molar-refractivity contribution in [1.29, 1.82) is 0 Å². The van der Waals surface area contributed by atoms with Crippen LogP contribution in [0.2, 0.25) is 0 Å². The summed E-state index contributed by atoms with van der Waals surface area (Å²) in [7, 11) is 0. The van der Waals surface area contributed by atoms with E-state index in [4.69, 9.17) is 13.7 Å². The maximum absolute atomic E-state index is 11.9. The van der Waals surface area contributed by atoms with Crippen molar-refractivity contribution < 1.29 is 28.1 Å². The number of ketones is 1. The second kappa shape index (κ2) is 7.78. The SMILES string of the molecule is CC(=O)c1cc(CCC(=O)OC(C)C(=O)Nc2cc(C)no2)oc1C. The summed E-state index contributed by atoms with van der Waals surface area (Å²) in [6, 6.07) is 3.17. The number of Topliss-reactive ketones (excluding diaryl/α,β-unsaturated/α-hetero) is 1. The summed E-state index contributed by atoms with van der Waals surface area (Å²) < 4.78 is 15.4. The molecule has 2 heterocycles. The number of furan rings is 1. The third-order valence-corrected chi connectivity index (χ3v) is 3.48. The van der Waals surface area contributed by atoms with Gasteiger partial charge in [-0.15, -0.1) is 0 Å². The molecule has 0 spiro atoms. The number of aromatic nitrogens is 1. The summed E-state index contributed by atoms with van der Waals surface area (Å²) in [4.78, 5) is 35.2. The highest BCUT2D eigenvalue weighted by molar-refractivity contribution is 5.95. The van der Waals surface area contributed by atoms with Gasteiger partial charge in [-0.3, -0.25) is 19.7 Å². The lowest BCUT2D eigenvalue weighted by Gasteiger charge is -2.11. The van der Waals surface area contributed by atoms with E-state index < -0.39 is 18.0 Å².